The van der Waals surface area contributed by atoms with E-state index >= 15 is 0 Å². The third-order valence-electron chi connectivity index (χ3n) is 3.98. The van der Waals surface area contributed by atoms with E-state index in [2.05, 4.69) is 16.4 Å². The second-order valence-corrected chi connectivity index (χ2v) is 6.07. The Bertz CT molecular complexity index is 936. The summed E-state index contributed by atoms with van der Waals surface area (Å²) >= 11 is 5.84. The zero-order valence-corrected chi connectivity index (χ0v) is 14.0. The van der Waals surface area contributed by atoms with Gasteiger partial charge in [0.05, 0.1) is 4.92 Å². The van der Waals surface area contributed by atoms with Crippen molar-refractivity contribution in [2.24, 2.45) is 0 Å². The Kier molecular flexibility index (Phi) is 5.00. The summed E-state index contributed by atoms with van der Waals surface area (Å²) in [6, 6.07) is 12.0. The number of rotatable bonds is 6. The summed E-state index contributed by atoms with van der Waals surface area (Å²) in [5.74, 6) is -0.492. The molecule has 7 heteroatoms. The molecule has 2 aromatic carbocycles. The Labute approximate surface area is 149 Å². The van der Waals surface area contributed by atoms with Gasteiger partial charge in [0.25, 0.3) is 11.6 Å². The topological polar surface area (TPSA) is 88.0 Å². The van der Waals surface area contributed by atoms with Crippen LogP contribution >= 0.6 is 11.6 Å². The van der Waals surface area contributed by atoms with Crippen LogP contribution in [0.3, 0.4) is 0 Å². The molecular weight excluding hydrogens is 342 g/mol. The molecule has 1 heterocycles. The van der Waals surface area contributed by atoms with E-state index in [0.29, 0.717) is 6.54 Å². The van der Waals surface area contributed by atoms with E-state index in [-0.39, 0.29) is 16.3 Å². The minimum Gasteiger partial charge on any atom is -0.361 e. The number of nitrogens with one attached hydrogen (secondary N) is 2. The van der Waals surface area contributed by atoms with Gasteiger partial charge in [-0.1, -0.05) is 29.8 Å². The fraction of sp³-hybridized carbons (Fsp3) is 0.167. The van der Waals surface area contributed by atoms with Crippen molar-refractivity contribution in [1.29, 1.82) is 0 Å². The van der Waals surface area contributed by atoms with Crippen molar-refractivity contribution in [1.82, 2.24) is 10.3 Å². The number of fused-ring (bicyclic) bond motifs is 1. The highest BCUT2D eigenvalue weighted by atomic mass is 35.5. The van der Waals surface area contributed by atoms with Gasteiger partial charge in [-0.2, -0.15) is 0 Å². The maximum absolute atomic E-state index is 12.2. The number of aryl methyl sites for hydroxylation is 1. The summed E-state index contributed by atoms with van der Waals surface area (Å²) < 4.78 is 0. The average Bonchev–Trinajstić information content (AvgIpc) is 3.01. The lowest BCUT2D eigenvalue weighted by Gasteiger charge is -2.06. The summed E-state index contributed by atoms with van der Waals surface area (Å²) in [6.07, 6.45) is 3.48. The molecule has 0 atom stereocenters. The van der Waals surface area contributed by atoms with Crippen LogP contribution in [0.2, 0.25) is 5.02 Å². The monoisotopic (exact) mass is 357 g/mol. The molecule has 0 saturated carbocycles. The molecule has 3 rings (SSSR count). The first-order valence-electron chi connectivity index (χ1n) is 7.83. The van der Waals surface area contributed by atoms with Gasteiger partial charge in [-0.3, -0.25) is 14.9 Å². The van der Waals surface area contributed by atoms with Gasteiger partial charge in [0, 0.05) is 34.7 Å². The van der Waals surface area contributed by atoms with Crippen LogP contribution < -0.4 is 5.32 Å². The van der Waals surface area contributed by atoms with Crippen molar-refractivity contribution in [2.45, 2.75) is 12.8 Å². The zero-order valence-electron chi connectivity index (χ0n) is 13.3. The number of carbonyl (C=O) groups excluding carboxylic acids is 1. The summed E-state index contributed by atoms with van der Waals surface area (Å²) in [7, 11) is 0. The molecule has 0 unspecified atom stereocenters. The van der Waals surface area contributed by atoms with Crippen LogP contribution in [0.25, 0.3) is 10.9 Å². The lowest BCUT2D eigenvalue weighted by atomic mass is 10.1. The van der Waals surface area contributed by atoms with Gasteiger partial charge in [-0.25, -0.2) is 0 Å². The molecule has 1 aromatic heterocycles. The first-order valence-corrected chi connectivity index (χ1v) is 8.21. The number of aromatic nitrogens is 1. The Morgan fingerprint density at radius 1 is 1.24 bits per heavy atom. The van der Waals surface area contributed by atoms with Crippen molar-refractivity contribution in [2.75, 3.05) is 6.54 Å². The molecule has 0 spiro atoms. The van der Waals surface area contributed by atoms with Crippen LogP contribution in [0.1, 0.15) is 22.3 Å². The molecule has 0 saturated heterocycles. The number of nitro groups is 1. The SMILES string of the molecule is O=C(NCCCc1c[nH]c2ccccc12)c1cc(Cl)ccc1[N+](=O)[O-]. The van der Waals surface area contributed by atoms with E-state index in [1.807, 2.05) is 24.4 Å². The second kappa shape index (κ2) is 7.36. The first-order chi connectivity index (χ1) is 12.1. The van der Waals surface area contributed by atoms with E-state index in [1.54, 1.807) is 0 Å². The summed E-state index contributed by atoms with van der Waals surface area (Å²) in [5, 5.41) is 15.2. The van der Waals surface area contributed by atoms with Gasteiger partial charge in [0.2, 0.25) is 0 Å². The smallest absolute Gasteiger partial charge is 0.282 e. The molecule has 6 nitrogen and oxygen atoms in total. The van der Waals surface area contributed by atoms with E-state index in [0.717, 1.165) is 18.4 Å². The summed E-state index contributed by atoms with van der Waals surface area (Å²) in [4.78, 5) is 25.9. The lowest BCUT2D eigenvalue weighted by molar-refractivity contribution is -0.385. The number of aromatic amines is 1. The van der Waals surface area contributed by atoms with Crippen LogP contribution in [0, 0.1) is 10.1 Å². The zero-order chi connectivity index (χ0) is 17.8. The van der Waals surface area contributed by atoms with Gasteiger partial charge in [0.1, 0.15) is 5.56 Å². The lowest BCUT2D eigenvalue weighted by Crippen LogP contribution is -2.25. The molecule has 0 bridgehead atoms. The quantitative estimate of drug-likeness (QED) is 0.395. The van der Waals surface area contributed by atoms with Gasteiger partial charge in [-0.05, 0) is 36.6 Å². The molecule has 25 heavy (non-hydrogen) atoms. The number of carbonyl (C=O) groups is 1. The predicted octanol–water partition coefficient (Wildman–Crippen LogP) is 4.09. The molecule has 1 amide bonds. The predicted molar refractivity (Wildman–Crippen MR) is 97.1 cm³/mol. The normalized spacial score (nSPS) is 10.8. The van der Waals surface area contributed by atoms with Crippen molar-refractivity contribution in [3.63, 3.8) is 0 Å². The van der Waals surface area contributed by atoms with E-state index < -0.39 is 10.8 Å². The number of amides is 1. The number of halogens is 1. The largest absolute Gasteiger partial charge is 0.361 e. The minimum absolute atomic E-state index is 0.0235. The molecule has 0 aliphatic heterocycles. The number of benzene rings is 2. The van der Waals surface area contributed by atoms with Crippen LogP contribution in [0.15, 0.2) is 48.7 Å². The van der Waals surface area contributed by atoms with Crippen LogP contribution in [0.5, 0.6) is 0 Å². The van der Waals surface area contributed by atoms with Gasteiger partial charge >= 0.3 is 0 Å². The fourth-order valence-corrected chi connectivity index (χ4v) is 2.94. The van der Waals surface area contributed by atoms with Crippen molar-refractivity contribution in [3.8, 4) is 0 Å². The highest BCUT2D eigenvalue weighted by Gasteiger charge is 2.20. The summed E-state index contributed by atoms with van der Waals surface area (Å²) in [5.41, 5.74) is 1.98. The molecule has 2 N–H and O–H groups in total. The maximum Gasteiger partial charge on any atom is 0.282 e. The Hall–Kier alpha value is -2.86. The Morgan fingerprint density at radius 3 is 2.84 bits per heavy atom. The molecule has 0 aliphatic rings. The summed E-state index contributed by atoms with van der Waals surface area (Å²) in [6.45, 7) is 0.419. The molecule has 3 aromatic rings. The standard InChI is InChI=1S/C18H16ClN3O3/c19-13-7-8-17(22(24)25)15(10-13)18(23)20-9-3-4-12-11-21-16-6-2-1-5-14(12)16/h1-2,5-8,10-11,21H,3-4,9H2,(H,20,23). The number of H-pyrrole nitrogens is 1. The van der Waals surface area contributed by atoms with Crippen LogP contribution in [-0.2, 0) is 6.42 Å². The average molecular weight is 358 g/mol. The second-order valence-electron chi connectivity index (χ2n) is 5.64. The Balaban J connectivity index is 1.60. The van der Waals surface area contributed by atoms with Gasteiger partial charge in [0.15, 0.2) is 0 Å². The van der Waals surface area contributed by atoms with Gasteiger partial charge < -0.3 is 10.3 Å². The van der Waals surface area contributed by atoms with Crippen LogP contribution in [-0.4, -0.2) is 22.4 Å². The van der Waals surface area contributed by atoms with Crippen molar-refractivity contribution < 1.29 is 9.72 Å². The van der Waals surface area contributed by atoms with Crippen molar-refractivity contribution >= 4 is 34.1 Å². The number of para-hydroxylation sites is 1. The maximum atomic E-state index is 12.2. The van der Waals surface area contributed by atoms with Gasteiger partial charge in [-0.15, -0.1) is 0 Å². The van der Waals surface area contributed by atoms with E-state index in [1.165, 1.54) is 29.1 Å². The fourth-order valence-electron chi connectivity index (χ4n) is 2.76. The number of nitrogens with zero attached hydrogens (tertiary/aromatic N) is 1. The third-order valence-corrected chi connectivity index (χ3v) is 4.22. The third kappa shape index (κ3) is 3.80. The molecule has 128 valence electrons. The molecule has 0 fully saturated rings. The Morgan fingerprint density at radius 2 is 2.04 bits per heavy atom. The number of hydrogen-bond donors (Lipinski definition) is 2. The van der Waals surface area contributed by atoms with Crippen molar-refractivity contribution in [3.05, 3.63) is 74.9 Å². The highest BCUT2D eigenvalue weighted by Crippen LogP contribution is 2.23. The van der Waals surface area contributed by atoms with E-state index in [9.17, 15) is 14.9 Å². The first kappa shape index (κ1) is 17.0. The van der Waals surface area contributed by atoms with Crippen LogP contribution in [0.4, 0.5) is 5.69 Å². The van der Waals surface area contributed by atoms with E-state index in [4.69, 9.17) is 11.6 Å². The minimum atomic E-state index is -0.586. The molecule has 0 aliphatic carbocycles. The number of nitro benzene ring substituents is 1. The highest BCUT2D eigenvalue weighted by molar-refractivity contribution is 6.31. The molecule has 0 radical (unpaired) electrons. The number of hydrogen-bond acceptors (Lipinski definition) is 3. The molecular formula is C18H16ClN3O3.